The van der Waals surface area contributed by atoms with Gasteiger partial charge < -0.3 is 4.57 Å². The lowest BCUT2D eigenvalue weighted by Crippen LogP contribution is -2.41. The highest BCUT2D eigenvalue weighted by Gasteiger charge is 2.30. The van der Waals surface area contributed by atoms with Crippen LogP contribution in [0.4, 0.5) is 0 Å². The topological polar surface area (TPSA) is 71.7 Å². The monoisotopic (exact) mass is 521 g/mol. The molecule has 0 N–H and O–H groups in total. The Morgan fingerprint density at radius 3 is 2.61 bits per heavy atom. The Labute approximate surface area is 194 Å². The van der Waals surface area contributed by atoms with Crippen molar-refractivity contribution in [1.29, 1.82) is 0 Å². The molecule has 2 heterocycles. The van der Waals surface area contributed by atoms with Crippen molar-refractivity contribution in [3.63, 3.8) is 0 Å². The zero-order chi connectivity index (χ0) is 22.2. The third-order valence-electron chi connectivity index (χ3n) is 5.62. The highest BCUT2D eigenvalue weighted by atomic mass is 79.9. The van der Waals surface area contributed by atoms with E-state index in [0.717, 1.165) is 34.0 Å². The number of piperidine rings is 1. The van der Waals surface area contributed by atoms with Gasteiger partial charge in [0.2, 0.25) is 10.0 Å². The van der Waals surface area contributed by atoms with E-state index >= 15 is 0 Å². The second-order valence-corrected chi connectivity index (χ2v) is 11.4. The largest absolute Gasteiger partial charge is 0.316 e. The summed E-state index contributed by atoms with van der Waals surface area (Å²) in [4.78, 5) is 18.0. The molecule has 2 aromatic carbocycles. The van der Waals surface area contributed by atoms with E-state index in [-0.39, 0.29) is 16.8 Å². The average Bonchev–Trinajstić information content (AvgIpc) is 3.12. The average molecular weight is 522 g/mol. The number of carbonyl (C=O) groups is 1. The van der Waals surface area contributed by atoms with E-state index < -0.39 is 10.0 Å². The van der Waals surface area contributed by atoms with E-state index in [4.69, 9.17) is 0 Å². The molecular weight excluding hydrogens is 498 g/mol. The van der Waals surface area contributed by atoms with Gasteiger partial charge in [0.15, 0.2) is 4.80 Å². The number of thiazole rings is 1. The number of halogens is 1. The van der Waals surface area contributed by atoms with Gasteiger partial charge in [0.1, 0.15) is 0 Å². The van der Waals surface area contributed by atoms with E-state index in [1.807, 2.05) is 36.6 Å². The molecule has 1 atom stereocenters. The maximum atomic E-state index is 13.0. The van der Waals surface area contributed by atoms with Gasteiger partial charge in [-0.15, -0.1) is 0 Å². The van der Waals surface area contributed by atoms with Crippen LogP contribution in [0, 0.1) is 0 Å². The predicted octanol–water partition coefficient (Wildman–Crippen LogP) is 4.79. The highest BCUT2D eigenvalue weighted by molar-refractivity contribution is 9.10. The first-order chi connectivity index (χ1) is 14.8. The summed E-state index contributed by atoms with van der Waals surface area (Å²) < 4.78 is 31.6. The Morgan fingerprint density at radius 1 is 1.19 bits per heavy atom. The minimum Gasteiger partial charge on any atom is -0.316 e. The molecule has 1 aliphatic heterocycles. The second-order valence-electron chi connectivity index (χ2n) is 7.62. The second kappa shape index (κ2) is 8.97. The number of hydrogen-bond acceptors (Lipinski definition) is 4. The molecule has 1 saturated heterocycles. The lowest BCUT2D eigenvalue weighted by molar-refractivity contribution is 0.0997. The van der Waals surface area contributed by atoms with Crippen LogP contribution in [0.1, 0.15) is 43.5 Å². The third-order valence-corrected chi connectivity index (χ3v) is 9.33. The van der Waals surface area contributed by atoms with Gasteiger partial charge >= 0.3 is 0 Å². The predicted molar refractivity (Wildman–Crippen MR) is 127 cm³/mol. The van der Waals surface area contributed by atoms with Gasteiger partial charge in [0.05, 0.1) is 15.1 Å². The number of rotatable bonds is 4. The fourth-order valence-electron chi connectivity index (χ4n) is 3.95. The summed E-state index contributed by atoms with van der Waals surface area (Å²) in [5.41, 5.74) is 1.38. The van der Waals surface area contributed by atoms with Crippen molar-refractivity contribution in [2.75, 3.05) is 6.54 Å². The van der Waals surface area contributed by atoms with Gasteiger partial charge in [0, 0.05) is 29.2 Å². The van der Waals surface area contributed by atoms with Crippen molar-refractivity contribution in [1.82, 2.24) is 8.87 Å². The zero-order valence-corrected chi connectivity index (χ0v) is 20.6. The molecule has 4 rings (SSSR count). The molecule has 0 radical (unpaired) electrons. The lowest BCUT2D eigenvalue weighted by Gasteiger charge is -2.32. The molecule has 31 heavy (non-hydrogen) atoms. The maximum Gasteiger partial charge on any atom is 0.279 e. The first kappa shape index (κ1) is 22.4. The summed E-state index contributed by atoms with van der Waals surface area (Å²) in [6.45, 7) is 5.17. The van der Waals surface area contributed by atoms with Gasteiger partial charge in [0.25, 0.3) is 5.91 Å². The zero-order valence-electron chi connectivity index (χ0n) is 17.4. The van der Waals surface area contributed by atoms with Crippen molar-refractivity contribution >= 4 is 53.4 Å². The molecular formula is C22H24BrN3O3S2. The molecule has 0 bridgehead atoms. The summed E-state index contributed by atoms with van der Waals surface area (Å²) in [6.07, 6.45) is 2.80. The van der Waals surface area contributed by atoms with E-state index in [9.17, 15) is 13.2 Å². The van der Waals surface area contributed by atoms with Crippen LogP contribution in [0.15, 0.2) is 56.8 Å². The molecule has 0 spiro atoms. The number of fused-ring (bicyclic) bond motifs is 1. The first-order valence-electron chi connectivity index (χ1n) is 10.3. The lowest BCUT2D eigenvalue weighted by atomic mass is 10.1. The summed E-state index contributed by atoms with van der Waals surface area (Å²) in [5, 5.41) is 0. The van der Waals surface area contributed by atoms with Gasteiger partial charge in [-0.05, 0) is 79.0 Å². The standard InChI is InChI=1S/C22H24BrN3O3S2/c1-3-25-20-18(23)8-6-9-19(20)30-22(25)24-21(27)16-10-12-17(13-11-16)31(28,29)26-14-5-4-7-15(26)2/h6,8-13,15H,3-5,7,14H2,1-2H3. The van der Waals surface area contributed by atoms with Crippen molar-refractivity contribution in [2.45, 2.75) is 50.6 Å². The number of sulfonamides is 1. The number of benzene rings is 2. The molecule has 3 aromatic rings. The minimum absolute atomic E-state index is 0.00756. The van der Waals surface area contributed by atoms with Crippen LogP contribution >= 0.6 is 27.3 Å². The van der Waals surface area contributed by atoms with E-state index in [0.29, 0.717) is 23.5 Å². The van der Waals surface area contributed by atoms with Crippen LogP contribution in [0.2, 0.25) is 0 Å². The summed E-state index contributed by atoms with van der Waals surface area (Å²) in [7, 11) is -3.56. The number of para-hydroxylation sites is 1. The maximum absolute atomic E-state index is 13.0. The number of aryl methyl sites for hydroxylation is 1. The van der Waals surface area contributed by atoms with E-state index in [1.165, 1.54) is 23.5 Å². The van der Waals surface area contributed by atoms with Crippen molar-refractivity contribution in [2.24, 2.45) is 4.99 Å². The van der Waals surface area contributed by atoms with Crippen molar-refractivity contribution in [3.05, 3.63) is 57.3 Å². The number of hydrogen-bond donors (Lipinski definition) is 0. The highest BCUT2D eigenvalue weighted by Crippen LogP contribution is 2.27. The van der Waals surface area contributed by atoms with Gasteiger partial charge in [-0.25, -0.2) is 8.42 Å². The fourth-order valence-corrected chi connectivity index (χ4v) is 7.48. The van der Waals surface area contributed by atoms with Gasteiger partial charge in [-0.2, -0.15) is 9.30 Å². The molecule has 6 nitrogen and oxygen atoms in total. The van der Waals surface area contributed by atoms with Crippen molar-refractivity contribution in [3.8, 4) is 0 Å². The van der Waals surface area contributed by atoms with Gasteiger partial charge in [-0.3, -0.25) is 4.79 Å². The number of aromatic nitrogens is 1. The number of carbonyl (C=O) groups excluding carboxylic acids is 1. The number of amides is 1. The molecule has 1 amide bonds. The molecule has 9 heteroatoms. The Hall–Kier alpha value is -1.81. The van der Waals surface area contributed by atoms with Crippen LogP contribution in [0.25, 0.3) is 10.2 Å². The Balaban J connectivity index is 1.65. The molecule has 1 aromatic heterocycles. The molecule has 1 fully saturated rings. The van der Waals surface area contributed by atoms with Crippen LogP contribution < -0.4 is 4.80 Å². The third kappa shape index (κ3) is 4.28. The SMILES string of the molecule is CCn1c(=NC(=O)c2ccc(S(=O)(=O)N3CCCCC3C)cc2)sc2cccc(Br)c21. The normalized spacial score (nSPS) is 18.5. The number of nitrogens with zero attached hydrogens (tertiary/aromatic N) is 3. The quantitative estimate of drug-likeness (QED) is 0.495. The summed E-state index contributed by atoms with van der Waals surface area (Å²) in [5.74, 6) is -0.389. The fraction of sp³-hybridized carbons (Fsp3) is 0.364. The first-order valence-corrected chi connectivity index (χ1v) is 13.4. The van der Waals surface area contributed by atoms with Crippen molar-refractivity contribution < 1.29 is 13.2 Å². The van der Waals surface area contributed by atoms with Crippen LogP contribution in [-0.4, -0.2) is 35.8 Å². The van der Waals surface area contributed by atoms with Gasteiger partial charge in [-0.1, -0.05) is 23.8 Å². The molecule has 164 valence electrons. The summed E-state index contributed by atoms with van der Waals surface area (Å²) >= 11 is 5.03. The smallest absolute Gasteiger partial charge is 0.279 e. The minimum atomic E-state index is -3.56. The Kier molecular flexibility index (Phi) is 6.48. The molecule has 1 aliphatic rings. The molecule has 0 saturated carbocycles. The van der Waals surface area contributed by atoms with Crippen LogP contribution in [0.5, 0.6) is 0 Å². The Morgan fingerprint density at radius 2 is 1.94 bits per heavy atom. The van der Waals surface area contributed by atoms with E-state index in [1.54, 1.807) is 16.4 Å². The van der Waals surface area contributed by atoms with E-state index in [2.05, 4.69) is 20.9 Å². The van der Waals surface area contributed by atoms with Crippen LogP contribution in [-0.2, 0) is 16.6 Å². The summed E-state index contributed by atoms with van der Waals surface area (Å²) in [6, 6.07) is 12.0. The molecule has 0 aliphatic carbocycles. The molecule has 1 unspecified atom stereocenters. The van der Waals surface area contributed by atoms with Crippen LogP contribution in [0.3, 0.4) is 0 Å². The Bertz CT molecular complexity index is 1290.